The molecule has 0 saturated heterocycles. The van der Waals surface area contributed by atoms with Crippen molar-refractivity contribution in [3.63, 3.8) is 0 Å². The van der Waals surface area contributed by atoms with Crippen LogP contribution in [0.5, 0.6) is 0 Å². The van der Waals surface area contributed by atoms with Gasteiger partial charge in [0, 0.05) is 46.9 Å². The minimum absolute atomic E-state index is 0.0184. The minimum atomic E-state index is -0.0649. The highest BCUT2D eigenvalue weighted by Crippen LogP contribution is 2.29. The third-order valence-corrected chi connectivity index (χ3v) is 9.69. The van der Waals surface area contributed by atoms with Gasteiger partial charge in [0.25, 0.3) is 11.8 Å². The molecule has 1 saturated carbocycles. The molecule has 5 nitrogen and oxygen atoms in total. The van der Waals surface area contributed by atoms with Crippen LogP contribution in [0, 0.1) is 13.8 Å². The predicted octanol–water partition coefficient (Wildman–Crippen LogP) is 9.09. The molecule has 5 heteroatoms. The number of rotatable bonds is 9. The lowest BCUT2D eigenvalue weighted by Crippen LogP contribution is -2.36. The molecule has 0 aliphatic heterocycles. The summed E-state index contributed by atoms with van der Waals surface area (Å²) in [6, 6.07) is 31.2. The maximum absolute atomic E-state index is 13.2. The molecule has 236 valence electrons. The van der Waals surface area contributed by atoms with Crippen molar-refractivity contribution >= 4 is 22.7 Å². The van der Waals surface area contributed by atoms with Gasteiger partial charge in [-0.3, -0.25) is 9.59 Å². The van der Waals surface area contributed by atoms with E-state index < -0.39 is 0 Å². The summed E-state index contributed by atoms with van der Waals surface area (Å²) in [4.78, 5) is 26.4. The van der Waals surface area contributed by atoms with Crippen LogP contribution in [0.1, 0.15) is 101 Å². The first kappa shape index (κ1) is 31.3. The Kier molecular flexibility index (Phi) is 9.39. The molecule has 2 amide bonds. The van der Waals surface area contributed by atoms with Gasteiger partial charge in [0.15, 0.2) is 0 Å². The molecule has 0 unspecified atom stereocenters. The van der Waals surface area contributed by atoms with Crippen LogP contribution in [-0.4, -0.2) is 22.4 Å². The quantitative estimate of drug-likeness (QED) is 0.175. The number of nitrogens with one attached hydrogen (secondary N) is 2. The zero-order valence-corrected chi connectivity index (χ0v) is 27.5. The molecule has 6 rings (SSSR count). The number of hydrogen-bond acceptors (Lipinski definition) is 2. The van der Waals surface area contributed by atoms with E-state index in [2.05, 4.69) is 97.5 Å². The highest BCUT2D eigenvalue weighted by Gasteiger charge is 2.19. The molecule has 46 heavy (non-hydrogen) atoms. The maximum atomic E-state index is 13.2. The SMILES string of the molecule is Cc1c(C)n(Cc2ccc(-c3ccccc3C(=O)NC3CCCCC3)cc2)c2ccc(C(=O)NCc3cccc(C(C)C)c3)cc12. The number of amides is 2. The standard InChI is InChI=1S/C41H45N3O2/c1-27(2)33-12-10-11-31(23-33)25-42-40(45)34-21-22-39-38(24-34)28(3)29(4)44(39)26-30-17-19-32(20-18-30)36-15-8-9-16-37(36)41(46)43-35-13-6-5-7-14-35/h8-12,15-24,27,35H,5-7,13-14,25-26H2,1-4H3,(H,42,45)(H,43,46). The van der Waals surface area contributed by atoms with Crippen LogP contribution in [-0.2, 0) is 13.1 Å². The van der Waals surface area contributed by atoms with Crippen molar-refractivity contribution in [2.75, 3.05) is 0 Å². The van der Waals surface area contributed by atoms with E-state index >= 15 is 0 Å². The number of carbonyl (C=O) groups is 2. The normalized spacial score (nSPS) is 13.7. The molecule has 2 N–H and O–H groups in total. The Balaban J connectivity index is 1.17. The van der Waals surface area contributed by atoms with Gasteiger partial charge in [0.2, 0.25) is 0 Å². The Labute approximate surface area is 273 Å². The summed E-state index contributed by atoms with van der Waals surface area (Å²) in [5, 5.41) is 7.48. The predicted molar refractivity (Wildman–Crippen MR) is 188 cm³/mol. The molecule has 4 aromatic carbocycles. The third-order valence-electron chi connectivity index (χ3n) is 9.69. The first-order chi connectivity index (χ1) is 22.3. The van der Waals surface area contributed by atoms with Crippen LogP contribution in [0.25, 0.3) is 22.0 Å². The molecular formula is C41H45N3O2. The number of carbonyl (C=O) groups excluding carboxylic acids is 2. The fourth-order valence-electron chi connectivity index (χ4n) is 6.76. The third kappa shape index (κ3) is 6.79. The molecule has 1 aromatic heterocycles. The topological polar surface area (TPSA) is 63.1 Å². The number of fused-ring (bicyclic) bond motifs is 1. The van der Waals surface area contributed by atoms with Crippen molar-refractivity contribution in [1.29, 1.82) is 0 Å². The number of hydrogen-bond donors (Lipinski definition) is 2. The van der Waals surface area contributed by atoms with Crippen LogP contribution in [0.15, 0.2) is 91.0 Å². The Bertz CT molecular complexity index is 1860. The van der Waals surface area contributed by atoms with Gasteiger partial charge in [-0.25, -0.2) is 0 Å². The molecule has 1 aliphatic rings. The maximum Gasteiger partial charge on any atom is 0.252 e. The van der Waals surface area contributed by atoms with Crippen LogP contribution in [0.4, 0.5) is 0 Å². The zero-order valence-electron chi connectivity index (χ0n) is 27.5. The number of aromatic nitrogens is 1. The van der Waals surface area contributed by atoms with E-state index in [0.29, 0.717) is 18.0 Å². The lowest BCUT2D eigenvalue weighted by molar-refractivity contribution is 0.0925. The van der Waals surface area contributed by atoms with Gasteiger partial charge >= 0.3 is 0 Å². The van der Waals surface area contributed by atoms with E-state index in [1.807, 2.05) is 36.4 Å². The average molecular weight is 612 g/mol. The molecule has 1 fully saturated rings. The van der Waals surface area contributed by atoms with Gasteiger partial charge in [-0.05, 0) is 90.3 Å². The summed E-state index contributed by atoms with van der Waals surface area (Å²) in [6.45, 7) is 9.86. The van der Waals surface area contributed by atoms with Gasteiger partial charge in [-0.1, -0.05) is 99.8 Å². The molecule has 0 spiro atoms. The lowest BCUT2D eigenvalue weighted by atomic mass is 9.94. The summed E-state index contributed by atoms with van der Waals surface area (Å²) >= 11 is 0. The first-order valence-corrected chi connectivity index (χ1v) is 16.7. The van der Waals surface area contributed by atoms with E-state index in [9.17, 15) is 9.59 Å². The van der Waals surface area contributed by atoms with E-state index in [4.69, 9.17) is 0 Å². The molecule has 0 atom stereocenters. The highest BCUT2D eigenvalue weighted by atomic mass is 16.2. The largest absolute Gasteiger partial charge is 0.349 e. The van der Waals surface area contributed by atoms with E-state index in [1.165, 1.54) is 41.6 Å². The minimum Gasteiger partial charge on any atom is -0.349 e. The van der Waals surface area contributed by atoms with Gasteiger partial charge in [0.1, 0.15) is 0 Å². The average Bonchev–Trinajstić information content (AvgIpc) is 3.32. The van der Waals surface area contributed by atoms with Crippen molar-refractivity contribution in [1.82, 2.24) is 15.2 Å². The molecule has 5 aromatic rings. The molecule has 0 bridgehead atoms. The smallest absolute Gasteiger partial charge is 0.252 e. The zero-order chi connectivity index (χ0) is 32.2. The molecule has 1 aliphatic carbocycles. The molecular weight excluding hydrogens is 566 g/mol. The Morgan fingerprint density at radius 3 is 2.33 bits per heavy atom. The fourth-order valence-corrected chi connectivity index (χ4v) is 6.76. The molecule has 1 heterocycles. The van der Waals surface area contributed by atoms with Crippen molar-refractivity contribution < 1.29 is 9.59 Å². The second kappa shape index (κ2) is 13.8. The van der Waals surface area contributed by atoms with E-state index in [0.717, 1.165) is 52.5 Å². The fraction of sp³-hybridized carbons (Fsp3) is 0.317. The van der Waals surface area contributed by atoms with Crippen molar-refractivity contribution in [3.8, 4) is 11.1 Å². The summed E-state index contributed by atoms with van der Waals surface area (Å²) in [5.74, 6) is 0.404. The number of benzene rings is 4. The van der Waals surface area contributed by atoms with Gasteiger partial charge in [0.05, 0.1) is 0 Å². The van der Waals surface area contributed by atoms with Gasteiger partial charge < -0.3 is 15.2 Å². The lowest BCUT2D eigenvalue weighted by Gasteiger charge is -2.23. The van der Waals surface area contributed by atoms with Crippen LogP contribution in [0.3, 0.4) is 0 Å². The first-order valence-electron chi connectivity index (χ1n) is 16.7. The van der Waals surface area contributed by atoms with Crippen molar-refractivity contribution in [2.45, 2.75) is 84.8 Å². The van der Waals surface area contributed by atoms with Crippen molar-refractivity contribution in [2.24, 2.45) is 0 Å². The van der Waals surface area contributed by atoms with E-state index in [1.54, 1.807) is 0 Å². The second-order valence-corrected chi connectivity index (χ2v) is 13.2. The Hall–Kier alpha value is -4.64. The molecule has 0 radical (unpaired) electrons. The Morgan fingerprint density at radius 1 is 0.804 bits per heavy atom. The summed E-state index contributed by atoms with van der Waals surface area (Å²) in [5.41, 5.74) is 10.4. The van der Waals surface area contributed by atoms with Crippen LogP contribution >= 0.6 is 0 Å². The van der Waals surface area contributed by atoms with Crippen LogP contribution < -0.4 is 10.6 Å². The van der Waals surface area contributed by atoms with E-state index in [-0.39, 0.29) is 17.9 Å². The number of nitrogens with zero attached hydrogens (tertiary/aromatic N) is 1. The van der Waals surface area contributed by atoms with Gasteiger partial charge in [-0.15, -0.1) is 0 Å². The summed E-state index contributed by atoms with van der Waals surface area (Å²) in [7, 11) is 0. The van der Waals surface area contributed by atoms with Crippen molar-refractivity contribution in [3.05, 3.63) is 130 Å². The summed E-state index contributed by atoms with van der Waals surface area (Å²) in [6.07, 6.45) is 5.78. The highest BCUT2D eigenvalue weighted by molar-refractivity contribution is 6.01. The summed E-state index contributed by atoms with van der Waals surface area (Å²) < 4.78 is 2.32. The number of aryl methyl sites for hydroxylation is 1. The Morgan fingerprint density at radius 2 is 1.57 bits per heavy atom. The second-order valence-electron chi connectivity index (χ2n) is 13.2. The van der Waals surface area contributed by atoms with Gasteiger partial charge in [-0.2, -0.15) is 0 Å². The monoisotopic (exact) mass is 611 g/mol. The van der Waals surface area contributed by atoms with Crippen LogP contribution in [0.2, 0.25) is 0 Å².